The molecule has 0 saturated heterocycles. The summed E-state index contributed by atoms with van der Waals surface area (Å²) >= 11 is 0. The molecule has 0 fully saturated rings. The topological polar surface area (TPSA) is 64.3 Å². The van der Waals surface area contributed by atoms with Crippen molar-refractivity contribution in [2.45, 2.75) is 33.3 Å². The molecule has 2 aromatic carbocycles. The van der Waals surface area contributed by atoms with Crippen LogP contribution in [0.1, 0.15) is 24.5 Å². The summed E-state index contributed by atoms with van der Waals surface area (Å²) in [6, 6.07) is 13.1. The summed E-state index contributed by atoms with van der Waals surface area (Å²) in [7, 11) is 0. The second-order valence-corrected chi connectivity index (χ2v) is 5.39. The maximum atomic E-state index is 12.4. The van der Waals surface area contributed by atoms with E-state index in [0.717, 1.165) is 16.8 Å². The highest BCUT2D eigenvalue weighted by atomic mass is 16.5. The number of rotatable bonds is 5. The zero-order valence-corrected chi connectivity index (χ0v) is 13.2. The lowest BCUT2D eigenvalue weighted by atomic mass is 10.1. The van der Waals surface area contributed by atoms with Gasteiger partial charge in [0.25, 0.3) is 5.91 Å². The lowest BCUT2D eigenvalue weighted by Crippen LogP contribution is -2.32. The first-order valence-electron chi connectivity index (χ1n) is 7.40. The van der Waals surface area contributed by atoms with Crippen molar-refractivity contribution in [1.82, 2.24) is 0 Å². The monoisotopic (exact) mass is 298 g/mol. The van der Waals surface area contributed by atoms with E-state index in [1.54, 1.807) is 12.1 Å². The first kappa shape index (κ1) is 15.9. The van der Waals surface area contributed by atoms with Crippen LogP contribution in [0.2, 0.25) is 0 Å². The van der Waals surface area contributed by atoms with Gasteiger partial charge in [-0.2, -0.15) is 0 Å². The fraction of sp³-hybridized carbons (Fsp3) is 0.278. The van der Waals surface area contributed by atoms with Crippen LogP contribution in [0, 0.1) is 13.8 Å². The van der Waals surface area contributed by atoms with E-state index in [1.807, 2.05) is 51.1 Å². The largest absolute Gasteiger partial charge is 0.481 e. The van der Waals surface area contributed by atoms with Gasteiger partial charge in [0.15, 0.2) is 6.10 Å². The van der Waals surface area contributed by atoms with Crippen molar-refractivity contribution in [1.29, 1.82) is 0 Å². The van der Waals surface area contributed by atoms with Crippen LogP contribution < -0.4 is 15.8 Å². The second-order valence-electron chi connectivity index (χ2n) is 5.39. The highest BCUT2D eigenvalue weighted by Gasteiger charge is 2.19. The van der Waals surface area contributed by atoms with Gasteiger partial charge in [-0.1, -0.05) is 24.6 Å². The van der Waals surface area contributed by atoms with Crippen molar-refractivity contribution in [3.8, 4) is 5.75 Å². The molecule has 0 aliphatic rings. The Morgan fingerprint density at radius 2 is 1.86 bits per heavy atom. The summed E-state index contributed by atoms with van der Waals surface area (Å²) in [5.74, 6) is 0.539. The average molecular weight is 298 g/mol. The summed E-state index contributed by atoms with van der Waals surface area (Å²) in [5.41, 5.74) is 9.24. The molecule has 22 heavy (non-hydrogen) atoms. The third kappa shape index (κ3) is 4.01. The zero-order valence-electron chi connectivity index (χ0n) is 13.2. The Labute approximate surface area is 131 Å². The fourth-order valence-corrected chi connectivity index (χ4v) is 2.14. The maximum Gasteiger partial charge on any atom is 0.265 e. The van der Waals surface area contributed by atoms with Gasteiger partial charge in [0.2, 0.25) is 0 Å². The summed E-state index contributed by atoms with van der Waals surface area (Å²) in [6.07, 6.45) is 0.0629. The number of carbonyl (C=O) groups is 1. The first-order valence-corrected chi connectivity index (χ1v) is 7.40. The molecule has 0 bridgehead atoms. The van der Waals surface area contributed by atoms with Gasteiger partial charge in [0.05, 0.1) is 0 Å². The Morgan fingerprint density at radius 3 is 2.45 bits per heavy atom. The number of hydrogen-bond donors (Lipinski definition) is 2. The molecule has 0 heterocycles. The van der Waals surface area contributed by atoms with Crippen molar-refractivity contribution in [3.63, 3.8) is 0 Å². The fourth-order valence-electron chi connectivity index (χ4n) is 2.14. The minimum absolute atomic E-state index is 0.157. The molecule has 3 N–H and O–H groups in total. The minimum Gasteiger partial charge on any atom is -0.481 e. The summed E-state index contributed by atoms with van der Waals surface area (Å²) in [5, 5.41) is 2.90. The Bertz CT molecular complexity index is 651. The van der Waals surface area contributed by atoms with E-state index in [1.165, 1.54) is 0 Å². The van der Waals surface area contributed by atoms with Crippen LogP contribution in [0.3, 0.4) is 0 Å². The highest BCUT2D eigenvalue weighted by molar-refractivity contribution is 5.95. The van der Waals surface area contributed by atoms with Crippen molar-refractivity contribution in [2.24, 2.45) is 0 Å². The number of nitrogens with one attached hydrogen (secondary N) is 1. The molecule has 1 amide bonds. The standard InChI is InChI=1S/C18H22N2O2/c1-4-17(22-15-8-5-12(2)6-9-15)18(21)20-16-10-7-14(19)11-13(16)3/h5-11,17H,4,19H2,1-3H3,(H,20,21). The molecule has 1 unspecified atom stereocenters. The Hall–Kier alpha value is -2.49. The number of nitrogens with two attached hydrogens (primary N) is 1. The number of benzene rings is 2. The van der Waals surface area contributed by atoms with E-state index in [4.69, 9.17) is 10.5 Å². The highest BCUT2D eigenvalue weighted by Crippen LogP contribution is 2.19. The van der Waals surface area contributed by atoms with Gasteiger partial charge in [-0.15, -0.1) is 0 Å². The molecule has 0 spiro atoms. The van der Waals surface area contributed by atoms with Crippen molar-refractivity contribution in [3.05, 3.63) is 53.6 Å². The minimum atomic E-state index is -0.528. The summed E-state index contributed by atoms with van der Waals surface area (Å²) in [6.45, 7) is 5.85. The van der Waals surface area contributed by atoms with Crippen molar-refractivity contribution in [2.75, 3.05) is 11.1 Å². The third-order valence-corrected chi connectivity index (χ3v) is 3.47. The van der Waals surface area contributed by atoms with Crippen LogP contribution in [0.5, 0.6) is 5.75 Å². The van der Waals surface area contributed by atoms with E-state index in [0.29, 0.717) is 17.9 Å². The number of hydrogen-bond acceptors (Lipinski definition) is 3. The third-order valence-electron chi connectivity index (χ3n) is 3.47. The van der Waals surface area contributed by atoms with E-state index >= 15 is 0 Å². The van der Waals surface area contributed by atoms with E-state index in [2.05, 4.69) is 5.32 Å². The molecule has 4 heteroatoms. The number of anilines is 2. The predicted molar refractivity (Wildman–Crippen MR) is 90.1 cm³/mol. The Morgan fingerprint density at radius 1 is 1.18 bits per heavy atom. The molecule has 0 saturated carbocycles. The van der Waals surface area contributed by atoms with Gasteiger partial charge >= 0.3 is 0 Å². The van der Waals surface area contributed by atoms with Crippen molar-refractivity contribution < 1.29 is 9.53 Å². The van der Waals surface area contributed by atoms with E-state index in [-0.39, 0.29) is 5.91 Å². The molecule has 4 nitrogen and oxygen atoms in total. The van der Waals surface area contributed by atoms with Gasteiger partial charge < -0.3 is 15.8 Å². The molecular weight excluding hydrogens is 276 g/mol. The Balaban J connectivity index is 2.06. The molecular formula is C18H22N2O2. The molecule has 116 valence electrons. The molecule has 0 radical (unpaired) electrons. The van der Waals surface area contributed by atoms with Gasteiger partial charge in [0.1, 0.15) is 5.75 Å². The van der Waals surface area contributed by atoms with Crippen LogP contribution in [0.15, 0.2) is 42.5 Å². The molecule has 2 rings (SSSR count). The molecule has 2 aromatic rings. The van der Waals surface area contributed by atoms with Gasteiger partial charge in [-0.25, -0.2) is 0 Å². The number of amides is 1. The summed E-state index contributed by atoms with van der Waals surface area (Å²) in [4.78, 5) is 12.4. The number of carbonyl (C=O) groups excluding carboxylic acids is 1. The van der Waals surface area contributed by atoms with Gasteiger partial charge in [-0.05, 0) is 56.2 Å². The van der Waals surface area contributed by atoms with Crippen LogP contribution in [0.25, 0.3) is 0 Å². The first-order chi connectivity index (χ1) is 10.5. The maximum absolute atomic E-state index is 12.4. The lowest BCUT2D eigenvalue weighted by molar-refractivity contribution is -0.122. The van der Waals surface area contributed by atoms with Crippen molar-refractivity contribution >= 4 is 17.3 Å². The van der Waals surface area contributed by atoms with Crippen LogP contribution in [0.4, 0.5) is 11.4 Å². The Kier molecular flexibility index (Phi) is 5.04. The average Bonchev–Trinajstić information content (AvgIpc) is 2.49. The molecule has 1 atom stereocenters. The number of ether oxygens (including phenoxy) is 1. The van der Waals surface area contributed by atoms with Crippen LogP contribution in [-0.2, 0) is 4.79 Å². The molecule has 0 aliphatic carbocycles. The molecule has 0 aromatic heterocycles. The van der Waals surface area contributed by atoms with E-state index < -0.39 is 6.10 Å². The summed E-state index contributed by atoms with van der Waals surface area (Å²) < 4.78 is 5.78. The second kappa shape index (κ2) is 6.98. The normalized spacial score (nSPS) is 11.8. The van der Waals surface area contributed by atoms with Gasteiger partial charge in [0, 0.05) is 11.4 Å². The predicted octanol–water partition coefficient (Wildman–Crippen LogP) is 3.68. The smallest absolute Gasteiger partial charge is 0.265 e. The quantitative estimate of drug-likeness (QED) is 0.828. The molecule has 0 aliphatic heterocycles. The van der Waals surface area contributed by atoms with E-state index in [9.17, 15) is 4.79 Å². The van der Waals surface area contributed by atoms with Crippen LogP contribution in [-0.4, -0.2) is 12.0 Å². The lowest BCUT2D eigenvalue weighted by Gasteiger charge is -2.18. The number of aryl methyl sites for hydroxylation is 2. The van der Waals surface area contributed by atoms with Gasteiger partial charge in [-0.3, -0.25) is 4.79 Å². The van der Waals surface area contributed by atoms with Crippen LogP contribution >= 0.6 is 0 Å². The number of nitrogen functional groups attached to an aromatic ring is 1. The zero-order chi connectivity index (χ0) is 16.1. The SMILES string of the molecule is CCC(Oc1ccc(C)cc1)C(=O)Nc1ccc(N)cc1C.